The Morgan fingerprint density at radius 2 is 1.91 bits per heavy atom. The lowest BCUT2D eigenvalue weighted by atomic mass is 10.1. The molecule has 7 nitrogen and oxygen atoms in total. The Bertz CT molecular complexity index is 1160. The highest BCUT2D eigenvalue weighted by Gasteiger charge is 2.19. The molecule has 0 unspecified atom stereocenters. The molecular weight excluding hydrogens is 450 g/mol. The van der Waals surface area contributed by atoms with Gasteiger partial charge in [-0.25, -0.2) is 13.2 Å². The number of sulfone groups is 1. The number of aromatic nitrogens is 1. The van der Waals surface area contributed by atoms with Crippen molar-refractivity contribution in [1.29, 1.82) is 0 Å². The van der Waals surface area contributed by atoms with Gasteiger partial charge in [-0.2, -0.15) is 0 Å². The van der Waals surface area contributed by atoms with E-state index < -0.39 is 21.9 Å². The summed E-state index contributed by atoms with van der Waals surface area (Å²) in [6.45, 7) is 4.75. The molecule has 1 aromatic carbocycles. The first-order valence-corrected chi connectivity index (χ1v) is 13.0. The minimum atomic E-state index is -3.39. The van der Waals surface area contributed by atoms with Crippen LogP contribution in [0.4, 0.5) is 0 Å². The van der Waals surface area contributed by atoms with Gasteiger partial charge in [0.05, 0.1) is 17.1 Å². The molecule has 0 amide bonds. The molecule has 1 atom stereocenters. The lowest BCUT2D eigenvalue weighted by molar-refractivity contribution is -0.149. The summed E-state index contributed by atoms with van der Waals surface area (Å²) in [4.78, 5) is 12.3. The fourth-order valence-corrected chi connectivity index (χ4v) is 5.23. The number of carboxylic acid groups (broad SMARTS) is 1. The average molecular weight is 478 g/mol. The van der Waals surface area contributed by atoms with Crippen LogP contribution in [0.3, 0.4) is 0 Å². The number of rotatable bonds is 11. The van der Waals surface area contributed by atoms with Gasteiger partial charge >= 0.3 is 5.97 Å². The number of aryl methyl sites for hydroxylation is 1. The van der Waals surface area contributed by atoms with Crippen LogP contribution in [-0.2, 0) is 32.3 Å². The fourth-order valence-electron chi connectivity index (χ4n) is 3.39. The van der Waals surface area contributed by atoms with E-state index in [4.69, 9.17) is 9.47 Å². The Morgan fingerprint density at radius 3 is 2.47 bits per heavy atom. The van der Waals surface area contributed by atoms with E-state index in [1.54, 1.807) is 41.0 Å². The van der Waals surface area contributed by atoms with Crippen molar-refractivity contribution in [2.75, 3.05) is 19.5 Å². The van der Waals surface area contributed by atoms with E-state index >= 15 is 0 Å². The van der Waals surface area contributed by atoms with Gasteiger partial charge in [-0.1, -0.05) is 12.1 Å². The van der Waals surface area contributed by atoms with Crippen molar-refractivity contribution in [3.63, 3.8) is 0 Å². The molecule has 0 spiro atoms. The summed E-state index contributed by atoms with van der Waals surface area (Å²) < 4.78 is 37.4. The lowest BCUT2D eigenvalue weighted by Gasteiger charge is -2.14. The molecule has 0 bridgehead atoms. The summed E-state index contributed by atoms with van der Waals surface area (Å²) in [6.07, 6.45) is 0.595. The van der Waals surface area contributed by atoms with Crippen molar-refractivity contribution in [3.8, 4) is 16.3 Å². The molecule has 3 rings (SSSR count). The monoisotopic (exact) mass is 477 g/mol. The first kappa shape index (κ1) is 24.0. The molecule has 9 heteroatoms. The minimum absolute atomic E-state index is 0.258. The molecule has 0 aliphatic heterocycles. The van der Waals surface area contributed by atoms with Crippen LogP contribution in [0.1, 0.15) is 18.1 Å². The number of ether oxygens (including phenoxy) is 2. The SMILES string of the molecule is CCO[C@@H](Cc1ccc(OCCn2c(-c3cc(C)cs3)ccc2S(C)(=O)=O)cc1)C(=O)O. The number of benzene rings is 1. The van der Waals surface area contributed by atoms with Crippen molar-refractivity contribution in [2.24, 2.45) is 0 Å². The van der Waals surface area contributed by atoms with Crippen LogP contribution in [-0.4, -0.2) is 49.6 Å². The zero-order valence-electron chi connectivity index (χ0n) is 18.3. The molecular formula is C23H27NO6S2. The van der Waals surface area contributed by atoms with Crippen LogP contribution >= 0.6 is 11.3 Å². The minimum Gasteiger partial charge on any atom is -0.492 e. The molecule has 172 valence electrons. The van der Waals surface area contributed by atoms with Gasteiger partial charge in [0.2, 0.25) is 0 Å². The Kier molecular flexibility index (Phi) is 7.76. The maximum atomic E-state index is 12.2. The van der Waals surface area contributed by atoms with E-state index in [1.807, 2.05) is 36.6 Å². The summed E-state index contributed by atoms with van der Waals surface area (Å²) >= 11 is 1.57. The summed E-state index contributed by atoms with van der Waals surface area (Å²) in [5.74, 6) is -0.365. The molecule has 1 N–H and O–H groups in total. The third-order valence-electron chi connectivity index (χ3n) is 4.87. The molecule has 0 aliphatic carbocycles. The zero-order chi connectivity index (χ0) is 23.3. The third-order valence-corrected chi connectivity index (χ3v) is 7.06. The molecule has 0 saturated heterocycles. The van der Waals surface area contributed by atoms with Gasteiger partial charge in [-0.3, -0.25) is 0 Å². The molecule has 2 heterocycles. The second-order valence-corrected chi connectivity index (χ2v) is 10.3. The van der Waals surface area contributed by atoms with E-state index in [0.29, 0.717) is 18.9 Å². The van der Waals surface area contributed by atoms with Crippen LogP contribution < -0.4 is 4.74 Å². The summed E-state index contributed by atoms with van der Waals surface area (Å²) in [7, 11) is -3.39. The van der Waals surface area contributed by atoms with Gasteiger partial charge in [0.15, 0.2) is 15.9 Å². The van der Waals surface area contributed by atoms with Crippen molar-refractivity contribution in [3.05, 3.63) is 59.0 Å². The standard InChI is InChI=1S/C23H27NO6S2/c1-4-29-20(23(25)26)14-17-5-7-18(8-6-17)30-12-11-24-19(21-13-16(2)15-31-21)9-10-22(24)32(3,27)28/h5-10,13,15,20H,4,11-12,14H2,1-3H3,(H,25,26)/t20-/m0/s1. The number of hydrogen-bond donors (Lipinski definition) is 1. The van der Waals surface area contributed by atoms with Gasteiger partial charge in [0, 0.05) is 19.3 Å². The van der Waals surface area contributed by atoms with Crippen molar-refractivity contribution in [2.45, 2.75) is 37.9 Å². The number of nitrogens with zero attached hydrogens (tertiary/aromatic N) is 1. The molecule has 32 heavy (non-hydrogen) atoms. The van der Waals surface area contributed by atoms with Crippen LogP contribution in [0, 0.1) is 6.92 Å². The molecule has 0 saturated carbocycles. The highest BCUT2D eigenvalue weighted by molar-refractivity contribution is 7.90. The van der Waals surface area contributed by atoms with Gasteiger partial charge in [0.1, 0.15) is 17.4 Å². The molecule has 3 aromatic rings. The number of hydrogen-bond acceptors (Lipinski definition) is 6. The number of thiophene rings is 1. The molecule has 0 radical (unpaired) electrons. The van der Waals surface area contributed by atoms with Gasteiger partial charge in [0.25, 0.3) is 0 Å². The Labute approximate surface area is 192 Å². The Morgan fingerprint density at radius 1 is 1.19 bits per heavy atom. The maximum Gasteiger partial charge on any atom is 0.333 e. The third kappa shape index (κ3) is 5.99. The van der Waals surface area contributed by atoms with Crippen LogP contribution in [0.5, 0.6) is 5.75 Å². The van der Waals surface area contributed by atoms with Crippen molar-refractivity contribution < 1.29 is 27.8 Å². The average Bonchev–Trinajstić information content (AvgIpc) is 3.34. The predicted octanol–water partition coefficient (Wildman–Crippen LogP) is 4.04. The largest absolute Gasteiger partial charge is 0.492 e. The molecule has 0 fully saturated rings. The quantitative estimate of drug-likeness (QED) is 0.448. The Balaban J connectivity index is 1.69. The summed E-state index contributed by atoms with van der Waals surface area (Å²) in [5, 5.41) is 11.5. The first-order valence-electron chi connectivity index (χ1n) is 10.2. The van der Waals surface area contributed by atoms with Gasteiger partial charge in [-0.05, 0) is 60.7 Å². The van der Waals surface area contributed by atoms with Crippen molar-refractivity contribution in [1.82, 2.24) is 4.57 Å². The number of aliphatic carboxylic acids is 1. The first-order chi connectivity index (χ1) is 15.2. The predicted molar refractivity (Wildman–Crippen MR) is 124 cm³/mol. The van der Waals surface area contributed by atoms with Crippen LogP contribution in [0.2, 0.25) is 0 Å². The van der Waals surface area contributed by atoms with Gasteiger partial charge < -0.3 is 19.1 Å². The second-order valence-electron chi connectivity index (χ2n) is 7.45. The lowest BCUT2D eigenvalue weighted by Crippen LogP contribution is -2.26. The second kappa shape index (κ2) is 10.3. The topological polar surface area (TPSA) is 94.8 Å². The summed E-state index contributed by atoms with van der Waals surface area (Å²) in [6, 6.07) is 12.7. The van der Waals surface area contributed by atoms with Crippen molar-refractivity contribution >= 4 is 27.1 Å². The van der Waals surface area contributed by atoms with E-state index in [0.717, 1.165) is 21.7 Å². The Hall–Kier alpha value is -2.62. The fraction of sp³-hybridized carbons (Fsp3) is 0.348. The van der Waals surface area contributed by atoms with E-state index in [1.165, 1.54) is 6.26 Å². The molecule has 2 aromatic heterocycles. The number of carbonyl (C=O) groups is 1. The van der Waals surface area contributed by atoms with Crippen LogP contribution in [0.25, 0.3) is 10.6 Å². The van der Waals surface area contributed by atoms with E-state index in [9.17, 15) is 18.3 Å². The molecule has 0 aliphatic rings. The normalized spacial score (nSPS) is 12.6. The van der Waals surface area contributed by atoms with Gasteiger partial charge in [-0.15, -0.1) is 11.3 Å². The number of carboxylic acids is 1. The van der Waals surface area contributed by atoms with E-state index in [2.05, 4.69) is 0 Å². The highest BCUT2D eigenvalue weighted by atomic mass is 32.2. The smallest absolute Gasteiger partial charge is 0.333 e. The maximum absolute atomic E-state index is 12.2. The highest BCUT2D eigenvalue weighted by Crippen LogP contribution is 2.30. The van der Waals surface area contributed by atoms with Crippen LogP contribution in [0.15, 0.2) is 52.9 Å². The zero-order valence-corrected chi connectivity index (χ0v) is 19.9. The van der Waals surface area contributed by atoms with E-state index in [-0.39, 0.29) is 18.1 Å². The summed E-state index contributed by atoms with van der Waals surface area (Å²) in [5.41, 5.74) is 2.81.